The lowest BCUT2D eigenvalue weighted by Crippen LogP contribution is -2.22. The van der Waals surface area contributed by atoms with E-state index in [0.29, 0.717) is 10.7 Å². The molecule has 0 aromatic heterocycles. The zero-order chi connectivity index (χ0) is 11.6. The molecule has 1 aromatic carbocycles. The highest BCUT2D eigenvalue weighted by Crippen LogP contribution is 2.21. The van der Waals surface area contributed by atoms with Gasteiger partial charge in [0.15, 0.2) is 0 Å². The van der Waals surface area contributed by atoms with Crippen LogP contribution in [0.3, 0.4) is 0 Å². The maximum atomic E-state index is 11.6. The van der Waals surface area contributed by atoms with Gasteiger partial charge in [0.1, 0.15) is 0 Å². The van der Waals surface area contributed by atoms with Crippen molar-refractivity contribution in [3.05, 3.63) is 28.8 Å². The van der Waals surface area contributed by atoms with Gasteiger partial charge in [-0.15, -0.1) is 0 Å². The Morgan fingerprint density at radius 1 is 1.33 bits per heavy atom. The first-order chi connectivity index (χ1) is 6.83. The molecule has 0 aliphatic rings. The van der Waals surface area contributed by atoms with E-state index in [1.165, 1.54) is 0 Å². The van der Waals surface area contributed by atoms with Crippen LogP contribution in [0.1, 0.15) is 19.4 Å². The van der Waals surface area contributed by atoms with E-state index in [2.05, 4.69) is 4.72 Å². The molecule has 3 nitrogen and oxygen atoms in total. The van der Waals surface area contributed by atoms with E-state index in [1.54, 1.807) is 32.0 Å². The summed E-state index contributed by atoms with van der Waals surface area (Å²) >= 11 is 5.77. The number of aryl methyl sites for hydroxylation is 1. The lowest BCUT2D eigenvalue weighted by molar-refractivity contribution is 0.592. The van der Waals surface area contributed by atoms with Crippen LogP contribution in [-0.4, -0.2) is 13.7 Å². The van der Waals surface area contributed by atoms with Crippen LogP contribution < -0.4 is 4.72 Å². The number of hydrogen-bond donors (Lipinski definition) is 1. The van der Waals surface area contributed by atoms with E-state index < -0.39 is 15.3 Å². The Hall–Kier alpha value is -0.740. The maximum Gasteiger partial charge on any atom is 0.235 e. The third kappa shape index (κ3) is 3.11. The summed E-state index contributed by atoms with van der Waals surface area (Å²) < 4.78 is 25.7. The van der Waals surface area contributed by atoms with E-state index in [0.717, 1.165) is 5.56 Å². The number of rotatable bonds is 3. The van der Waals surface area contributed by atoms with Gasteiger partial charge in [-0.3, -0.25) is 4.72 Å². The molecule has 1 N–H and O–H groups in total. The summed E-state index contributed by atoms with van der Waals surface area (Å²) in [6.07, 6.45) is 0. The molecule has 0 heterocycles. The van der Waals surface area contributed by atoms with Gasteiger partial charge >= 0.3 is 0 Å². The summed E-state index contributed by atoms with van der Waals surface area (Å²) in [5.74, 6) is 0. The molecule has 84 valence electrons. The molecule has 0 bridgehead atoms. The van der Waals surface area contributed by atoms with Crippen molar-refractivity contribution < 1.29 is 8.42 Å². The third-order valence-electron chi connectivity index (χ3n) is 2.06. The summed E-state index contributed by atoms with van der Waals surface area (Å²) in [6.45, 7) is 5.07. The molecule has 15 heavy (non-hydrogen) atoms. The average molecular weight is 248 g/mol. The first kappa shape index (κ1) is 12.3. The second-order valence-electron chi connectivity index (χ2n) is 3.66. The molecule has 0 saturated carbocycles. The van der Waals surface area contributed by atoms with Gasteiger partial charge in [-0.2, -0.15) is 0 Å². The lowest BCUT2D eigenvalue weighted by Gasteiger charge is -2.12. The van der Waals surface area contributed by atoms with Gasteiger partial charge in [-0.1, -0.05) is 11.6 Å². The third-order valence-corrected chi connectivity index (χ3v) is 4.04. The highest BCUT2D eigenvalue weighted by atomic mass is 35.5. The minimum absolute atomic E-state index is 0.451. The fourth-order valence-electron chi connectivity index (χ4n) is 1.01. The molecule has 0 aliphatic carbocycles. The molecule has 0 unspecified atom stereocenters. The minimum atomic E-state index is -3.28. The molecule has 0 saturated heterocycles. The van der Waals surface area contributed by atoms with E-state index in [1.807, 2.05) is 6.92 Å². The SMILES string of the molecule is Cc1cc(Cl)ccc1NS(=O)(=O)C(C)C. The van der Waals surface area contributed by atoms with E-state index >= 15 is 0 Å². The predicted molar refractivity (Wildman–Crippen MR) is 63.9 cm³/mol. The Morgan fingerprint density at radius 2 is 1.93 bits per heavy atom. The van der Waals surface area contributed by atoms with Crippen molar-refractivity contribution in [2.24, 2.45) is 0 Å². The molecule has 0 spiro atoms. The molecule has 1 aromatic rings. The molecule has 0 fully saturated rings. The summed E-state index contributed by atoms with van der Waals surface area (Å²) in [4.78, 5) is 0. The number of benzene rings is 1. The number of halogens is 1. The van der Waals surface area contributed by atoms with Gasteiger partial charge in [0.05, 0.1) is 10.9 Å². The molecular formula is C10H14ClNO2S. The van der Waals surface area contributed by atoms with Crippen molar-refractivity contribution in [2.45, 2.75) is 26.0 Å². The van der Waals surface area contributed by atoms with E-state index in [-0.39, 0.29) is 0 Å². The number of anilines is 1. The van der Waals surface area contributed by atoms with Crippen LogP contribution in [0.2, 0.25) is 5.02 Å². The first-order valence-corrected chi connectivity index (χ1v) is 6.53. The fraction of sp³-hybridized carbons (Fsp3) is 0.400. The second-order valence-corrected chi connectivity index (χ2v) is 6.33. The van der Waals surface area contributed by atoms with Gasteiger partial charge in [-0.05, 0) is 44.5 Å². The van der Waals surface area contributed by atoms with Crippen LogP contribution in [0.5, 0.6) is 0 Å². The number of nitrogens with one attached hydrogen (secondary N) is 1. The van der Waals surface area contributed by atoms with Crippen molar-refractivity contribution in [1.29, 1.82) is 0 Å². The van der Waals surface area contributed by atoms with Gasteiger partial charge in [-0.25, -0.2) is 8.42 Å². The summed E-state index contributed by atoms with van der Waals surface area (Å²) in [7, 11) is -3.28. The summed E-state index contributed by atoms with van der Waals surface area (Å²) in [6, 6.07) is 5.05. The highest BCUT2D eigenvalue weighted by Gasteiger charge is 2.16. The quantitative estimate of drug-likeness (QED) is 0.893. The minimum Gasteiger partial charge on any atom is -0.283 e. The van der Waals surface area contributed by atoms with Crippen molar-refractivity contribution >= 4 is 27.3 Å². The Kier molecular flexibility index (Phi) is 3.62. The summed E-state index contributed by atoms with van der Waals surface area (Å²) in [5.41, 5.74) is 1.39. The van der Waals surface area contributed by atoms with Crippen LogP contribution in [0, 0.1) is 6.92 Å². The zero-order valence-electron chi connectivity index (χ0n) is 8.91. The van der Waals surface area contributed by atoms with Gasteiger partial charge < -0.3 is 0 Å². The van der Waals surface area contributed by atoms with Crippen molar-refractivity contribution in [3.8, 4) is 0 Å². The molecule has 0 radical (unpaired) electrons. The highest BCUT2D eigenvalue weighted by molar-refractivity contribution is 7.93. The lowest BCUT2D eigenvalue weighted by atomic mass is 10.2. The molecular weight excluding hydrogens is 234 g/mol. The van der Waals surface area contributed by atoms with E-state index in [9.17, 15) is 8.42 Å². The molecule has 0 aliphatic heterocycles. The standard InChI is InChI=1S/C10H14ClNO2S/c1-7(2)15(13,14)12-10-5-4-9(11)6-8(10)3/h4-7,12H,1-3H3. The van der Waals surface area contributed by atoms with Gasteiger partial charge in [0.25, 0.3) is 0 Å². The van der Waals surface area contributed by atoms with Crippen LogP contribution >= 0.6 is 11.6 Å². The maximum absolute atomic E-state index is 11.6. The molecule has 0 atom stereocenters. The van der Waals surface area contributed by atoms with Crippen LogP contribution in [0.15, 0.2) is 18.2 Å². The van der Waals surface area contributed by atoms with Crippen LogP contribution in [-0.2, 0) is 10.0 Å². The number of sulfonamides is 1. The average Bonchev–Trinajstić information content (AvgIpc) is 2.09. The molecule has 0 amide bonds. The van der Waals surface area contributed by atoms with Crippen LogP contribution in [0.4, 0.5) is 5.69 Å². The molecule has 5 heteroatoms. The van der Waals surface area contributed by atoms with Crippen molar-refractivity contribution in [2.75, 3.05) is 4.72 Å². The summed E-state index contributed by atoms with van der Waals surface area (Å²) in [5, 5.41) is 0.146. The predicted octanol–water partition coefficient (Wildman–Crippen LogP) is 2.80. The largest absolute Gasteiger partial charge is 0.283 e. The fourth-order valence-corrected chi connectivity index (χ4v) is 2.01. The van der Waals surface area contributed by atoms with E-state index in [4.69, 9.17) is 11.6 Å². The van der Waals surface area contributed by atoms with Crippen molar-refractivity contribution in [3.63, 3.8) is 0 Å². The first-order valence-electron chi connectivity index (χ1n) is 4.60. The zero-order valence-corrected chi connectivity index (χ0v) is 10.5. The topological polar surface area (TPSA) is 46.2 Å². The van der Waals surface area contributed by atoms with Gasteiger partial charge in [0, 0.05) is 5.02 Å². The Balaban J connectivity index is 3.01. The Labute approximate surface area is 95.5 Å². The van der Waals surface area contributed by atoms with Crippen molar-refractivity contribution in [1.82, 2.24) is 0 Å². The monoisotopic (exact) mass is 247 g/mol. The normalized spacial score (nSPS) is 11.8. The Morgan fingerprint density at radius 3 is 2.40 bits per heavy atom. The smallest absolute Gasteiger partial charge is 0.235 e. The Bertz CT molecular complexity index is 454. The number of hydrogen-bond acceptors (Lipinski definition) is 2. The molecule has 1 rings (SSSR count). The second kappa shape index (κ2) is 4.41. The van der Waals surface area contributed by atoms with Gasteiger partial charge in [0.2, 0.25) is 10.0 Å². The van der Waals surface area contributed by atoms with Crippen LogP contribution in [0.25, 0.3) is 0 Å².